The minimum Gasteiger partial charge on any atom is -0.493 e. The molecule has 2 aliphatic heterocycles. The van der Waals surface area contributed by atoms with Crippen LogP contribution in [0.4, 0.5) is 11.5 Å². The van der Waals surface area contributed by atoms with Crippen molar-refractivity contribution in [1.29, 1.82) is 5.41 Å². The van der Waals surface area contributed by atoms with Gasteiger partial charge < -0.3 is 30.6 Å². The summed E-state index contributed by atoms with van der Waals surface area (Å²) >= 11 is 0. The number of carbonyl (C=O) groups is 1. The van der Waals surface area contributed by atoms with Crippen molar-refractivity contribution in [3.05, 3.63) is 71.2 Å². The summed E-state index contributed by atoms with van der Waals surface area (Å²) in [6.07, 6.45) is 10.2. The Bertz CT molecular complexity index is 1580. The third-order valence-electron chi connectivity index (χ3n) is 7.75. The molecule has 5 heterocycles. The van der Waals surface area contributed by atoms with Crippen LogP contribution in [0.3, 0.4) is 0 Å². The third kappa shape index (κ3) is 6.20. The molecule has 0 aliphatic carbocycles. The van der Waals surface area contributed by atoms with Gasteiger partial charge in [-0.05, 0) is 73.6 Å². The molecular weight excluding hydrogens is 534 g/mol. The number of benzene rings is 1. The Morgan fingerprint density at radius 2 is 2.17 bits per heavy atom. The molecule has 2 unspecified atom stereocenters. The molecule has 1 fully saturated rings. The number of fused-ring (bicyclic) bond motifs is 2. The summed E-state index contributed by atoms with van der Waals surface area (Å²) in [7, 11) is 0. The van der Waals surface area contributed by atoms with E-state index in [4.69, 9.17) is 19.9 Å². The minimum atomic E-state index is -0.943. The van der Waals surface area contributed by atoms with Gasteiger partial charge in [0.05, 0.1) is 25.3 Å². The lowest BCUT2D eigenvalue weighted by Crippen LogP contribution is -2.19. The molecule has 6 rings (SSSR count). The first-order chi connectivity index (χ1) is 20.6. The number of aliphatic carboxylic acids is 1. The fourth-order valence-corrected chi connectivity index (χ4v) is 5.55. The van der Waals surface area contributed by atoms with Gasteiger partial charge in [0, 0.05) is 54.3 Å². The molecule has 0 saturated carbocycles. The Kier molecular flexibility index (Phi) is 8.27. The Morgan fingerprint density at radius 1 is 1.24 bits per heavy atom. The summed E-state index contributed by atoms with van der Waals surface area (Å²) in [6, 6.07) is 11.0. The topological polar surface area (TPSA) is 147 Å². The van der Waals surface area contributed by atoms with Crippen LogP contribution in [0, 0.1) is 5.41 Å². The Morgan fingerprint density at radius 3 is 3.00 bits per heavy atom. The van der Waals surface area contributed by atoms with E-state index < -0.39 is 12.0 Å². The van der Waals surface area contributed by atoms with Crippen molar-refractivity contribution in [3.63, 3.8) is 0 Å². The smallest absolute Gasteiger partial charge is 0.305 e. The molecule has 3 aromatic heterocycles. The van der Waals surface area contributed by atoms with Gasteiger partial charge in [0.1, 0.15) is 11.6 Å². The number of ether oxygens (including phenoxy) is 2. The number of pyridine rings is 2. The average molecular weight is 570 g/mol. The minimum absolute atomic E-state index is 0.135. The van der Waals surface area contributed by atoms with E-state index in [1.54, 1.807) is 18.5 Å². The fourth-order valence-electron chi connectivity index (χ4n) is 5.55. The van der Waals surface area contributed by atoms with Gasteiger partial charge in [-0.3, -0.25) is 4.79 Å². The summed E-state index contributed by atoms with van der Waals surface area (Å²) in [5, 5.41) is 29.7. The van der Waals surface area contributed by atoms with E-state index in [2.05, 4.69) is 32.8 Å². The number of rotatable bonds is 11. The largest absolute Gasteiger partial charge is 0.493 e. The Hall–Kier alpha value is -4.51. The molecule has 42 heavy (non-hydrogen) atoms. The molecule has 11 nitrogen and oxygen atoms in total. The molecule has 11 heteroatoms. The van der Waals surface area contributed by atoms with E-state index in [-0.39, 0.29) is 12.6 Å². The van der Waals surface area contributed by atoms with Gasteiger partial charge in [0.25, 0.3) is 0 Å². The van der Waals surface area contributed by atoms with Crippen molar-refractivity contribution in [2.75, 3.05) is 30.4 Å². The second-order valence-corrected chi connectivity index (χ2v) is 10.7. The molecule has 4 N–H and O–H groups in total. The molecule has 4 aromatic rings. The van der Waals surface area contributed by atoms with E-state index >= 15 is 0 Å². The van der Waals surface area contributed by atoms with Gasteiger partial charge in [0.2, 0.25) is 0 Å². The highest BCUT2D eigenvalue weighted by atomic mass is 16.5. The van der Waals surface area contributed by atoms with Crippen LogP contribution in [0.15, 0.2) is 48.8 Å². The van der Waals surface area contributed by atoms with Crippen molar-refractivity contribution in [2.45, 2.75) is 57.2 Å². The zero-order valence-corrected chi connectivity index (χ0v) is 23.4. The van der Waals surface area contributed by atoms with Crippen molar-refractivity contribution < 1.29 is 19.4 Å². The summed E-state index contributed by atoms with van der Waals surface area (Å²) in [5.74, 6) is 0.657. The molecule has 0 amide bonds. The number of nitrogens with one attached hydrogen (secondary N) is 3. The van der Waals surface area contributed by atoms with E-state index in [1.807, 2.05) is 22.9 Å². The number of anilines is 2. The molecular formula is C31H35N7O4. The lowest BCUT2D eigenvalue weighted by molar-refractivity contribution is -0.137. The number of carboxylic acids is 1. The highest BCUT2D eigenvalue weighted by Gasteiger charge is 2.22. The first-order valence-corrected chi connectivity index (χ1v) is 14.5. The van der Waals surface area contributed by atoms with E-state index in [1.165, 1.54) is 11.8 Å². The van der Waals surface area contributed by atoms with Crippen molar-refractivity contribution in [3.8, 4) is 5.75 Å². The lowest BCUT2D eigenvalue weighted by Gasteiger charge is -2.23. The molecule has 218 valence electrons. The zero-order chi connectivity index (χ0) is 28.9. The lowest BCUT2D eigenvalue weighted by atomic mass is 10.0. The van der Waals surface area contributed by atoms with Crippen LogP contribution in [0.5, 0.6) is 5.75 Å². The highest BCUT2D eigenvalue weighted by molar-refractivity contribution is 5.87. The number of aromatic nitrogens is 4. The van der Waals surface area contributed by atoms with Gasteiger partial charge >= 0.3 is 5.97 Å². The van der Waals surface area contributed by atoms with Crippen LogP contribution in [0.1, 0.15) is 66.8 Å². The number of hydrogen-bond acceptors (Lipinski definition) is 9. The third-order valence-corrected chi connectivity index (χ3v) is 7.75. The standard InChI is InChI=1S/C31H35N7O4/c32-17-21-15-25(41-13-10-24-7-6-20-4-3-11-33-30(20)36-24)8-9-26(21)37-27(16-29(39)40)22-14-23-19-35-38(31(23)34-18-22)28-5-1-2-12-42-28/h6-9,14-15,17-19,27-28,32,37H,1-5,10-13,16H2,(H,33,36)(H,39,40). The second kappa shape index (κ2) is 12.6. The fraction of sp³-hybridized carbons (Fsp3) is 0.387. The van der Waals surface area contributed by atoms with Gasteiger partial charge in [0.15, 0.2) is 11.9 Å². The zero-order valence-electron chi connectivity index (χ0n) is 23.4. The second-order valence-electron chi connectivity index (χ2n) is 10.7. The van der Waals surface area contributed by atoms with E-state index in [0.717, 1.165) is 61.1 Å². The van der Waals surface area contributed by atoms with Gasteiger partial charge in [-0.15, -0.1) is 0 Å². The van der Waals surface area contributed by atoms with Crippen LogP contribution < -0.4 is 15.4 Å². The molecule has 2 atom stereocenters. The summed E-state index contributed by atoms with van der Waals surface area (Å²) < 4.78 is 13.7. The molecule has 0 bridgehead atoms. The molecule has 0 spiro atoms. The number of hydrogen-bond donors (Lipinski definition) is 4. The summed E-state index contributed by atoms with van der Waals surface area (Å²) in [4.78, 5) is 21.2. The Labute approximate surface area is 243 Å². The number of aryl methyl sites for hydroxylation is 1. The Balaban J connectivity index is 1.15. The number of nitrogens with zero attached hydrogens (tertiary/aromatic N) is 4. The molecule has 1 saturated heterocycles. The monoisotopic (exact) mass is 569 g/mol. The summed E-state index contributed by atoms with van der Waals surface area (Å²) in [6.45, 7) is 2.10. The predicted octanol–water partition coefficient (Wildman–Crippen LogP) is 5.13. The SMILES string of the molecule is N=Cc1cc(OCCc2ccc3c(n2)NCCC3)ccc1NC(CC(=O)O)c1cnc2c(cnn2C2CCCCO2)c1. The van der Waals surface area contributed by atoms with E-state index in [9.17, 15) is 9.90 Å². The van der Waals surface area contributed by atoms with Crippen LogP contribution in [-0.4, -0.2) is 56.8 Å². The van der Waals surface area contributed by atoms with Crippen molar-refractivity contribution in [1.82, 2.24) is 19.7 Å². The predicted molar refractivity (Wildman–Crippen MR) is 160 cm³/mol. The maximum absolute atomic E-state index is 11.8. The van der Waals surface area contributed by atoms with Crippen LogP contribution in [0.2, 0.25) is 0 Å². The maximum Gasteiger partial charge on any atom is 0.305 e. The maximum atomic E-state index is 11.8. The van der Waals surface area contributed by atoms with Crippen molar-refractivity contribution >= 4 is 34.7 Å². The van der Waals surface area contributed by atoms with Crippen LogP contribution in [-0.2, 0) is 22.4 Å². The van der Waals surface area contributed by atoms with Crippen molar-refractivity contribution in [2.24, 2.45) is 0 Å². The molecule has 1 aromatic carbocycles. The normalized spacial score (nSPS) is 17.2. The van der Waals surface area contributed by atoms with Gasteiger partial charge in [-0.1, -0.05) is 6.07 Å². The number of carboxylic acid groups (broad SMARTS) is 1. The quantitative estimate of drug-likeness (QED) is 0.180. The molecule has 2 aliphatic rings. The summed E-state index contributed by atoms with van der Waals surface area (Å²) in [5.41, 5.74) is 4.88. The molecule has 0 radical (unpaired) electrons. The van der Waals surface area contributed by atoms with Gasteiger partial charge in [-0.2, -0.15) is 5.10 Å². The first kappa shape index (κ1) is 27.6. The van der Waals surface area contributed by atoms with Gasteiger partial charge in [-0.25, -0.2) is 14.6 Å². The van der Waals surface area contributed by atoms with Crippen LogP contribution in [0.25, 0.3) is 11.0 Å². The van der Waals surface area contributed by atoms with E-state index in [0.29, 0.717) is 42.3 Å². The van der Waals surface area contributed by atoms with Crippen LogP contribution >= 0.6 is 0 Å². The average Bonchev–Trinajstić information content (AvgIpc) is 3.45. The highest BCUT2D eigenvalue weighted by Crippen LogP contribution is 2.30. The first-order valence-electron chi connectivity index (χ1n) is 14.5.